The Labute approximate surface area is 112 Å². The fraction of sp³-hybridized carbons (Fsp3) is 0.462. The molecule has 2 rings (SSSR count). The molecule has 18 heavy (non-hydrogen) atoms. The molecule has 0 unspecified atom stereocenters. The van der Waals surface area contributed by atoms with Crippen LogP contribution in [0.25, 0.3) is 0 Å². The van der Waals surface area contributed by atoms with Gasteiger partial charge in [0, 0.05) is 23.8 Å². The van der Waals surface area contributed by atoms with Crippen molar-refractivity contribution in [3.05, 3.63) is 29.3 Å². The van der Waals surface area contributed by atoms with E-state index < -0.39 is 11.5 Å². The predicted molar refractivity (Wildman–Crippen MR) is 72.3 cm³/mol. The molecule has 0 radical (unpaired) electrons. The van der Waals surface area contributed by atoms with Crippen LogP contribution < -0.4 is 10.2 Å². The number of piperidine rings is 1. The number of likely N-dealkylation sites (N-methyl/N-ethyl adjacent to an activating group) is 1. The lowest BCUT2D eigenvalue weighted by Gasteiger charge is -2.39. The van der Waals surface area contributed by atoms with Crippen molar-refractivity contribution in [3.63, 3.8) is 0 Å². The molecular formula is C13H17ClN2O2. The minimum atomic E-state index is -0.783. The molecule has 1 saturated heterocycles. The van der Waals surface area contributed by atoms with Gasteiger partial charge in [0.05, 0.1) is 0 Å². The monoisotopic (exact) mass is 268 g/mol. The Morgan fingerprint density at radius 1 is 1.44 bits per heavy atom. The van der Waals surface area contributed by atoms with Crippen LogP contribution in [0, 0.1) is 0 Å². The van der Waals surface area contributed by atoms with Crippen molar-refractivity contribution < 1.29 is 9.90 Å². The summed E-state index contributed by atoms with van der Waals surface area (Å²) in [5, 5.41) is 12.9. The highest BCUT2D eigenvalue weighted by Gasteiger charge is 2.40. The number of nitrogens with zero attached hydrogens (tertiary/aromatic N) is 1. The lowest BCUT2D eigenvalue weighted by Crippen LogP contribution is -2.57. The Morgan fingerprint density at radius 2 is 2.11 bits per heavy atom. The Hall–Kier alpha value is -1.26. The van der Waals surface area contributed by atoms with E-state index in [0.717, 1.165) is 5.69 Å². The number of hydrogen-bond donors (Lipinski definition) is 2. The van der Waals surface area contributed by atoms with Gasteiger partial charge in [-0.2, -0.15) is 0 Å². The largest absolute Gasteiger partial charge is 0.480 e. The Balaban J connectivity index is 2.09. The van der Waals surface area contributed by atoms with Crippen LogP contribution in [0.2, 0.25) is 5.02 Å². The maximum atomic E-state index is 11.3. The average molecular weight is 269 g/mol. The quantitative estimate of drug-likeness (QED) is 0.880. The third-order valence-electron chi connectivity index (χ3n) is 3.68. The highest BCUT2D eigenvalue weighted by atomic mass is 35.5. The van der Waals surface area contributed by atoms with E-state index in [1.807, 2.05) is 24.3 Å². The summed E-state index contributed by atoms with van der Waals surface area (Å²) in [4.78, 5) is 13.5. The molecule has 1 aliphatic heterocycles. The lowest BCUT2D eigenvalue weighted by atomic mass is 9.87. The van der Waals surface area contributed by atoms with Crippen molar-refractivity contribution in [3.8, 4) is 0 Å². The molecule has 0 bridgehead atoms. The summed E-state index contributed by atoms with van der Waals surface area (Å²) >= 11 is 5.96. The van der Waals surface area contributed by atoms with E-state index in [-0.39, 0.29) is 0 Å². The van der Waals surface area contributed by atoms with Crippen LogP contribution in [0.4, 0.5) is 5.69 Å². The zero-order valence-corrected chi connectivity index (χ0v) is 11.1. The molecule has 1 aromatic carbocycles. The summed E-state index contributed by atoms with van der Waals surface area (Å²) in [6.07, 6.45) is 1.18. The maximum absolute atomic E-state index is 11.3. The summed E-state index contributed by atoms with van der Waals surface area (Å²) < 4.78 is 0. The number of nitrogens with one attached hydrogen (secondary N) is 1. The van der Waals surface area contributed by atoms with Crippen LogP contribution in [0.1, 0.15) is 12.8 Å². The van der Waals surface area contributed by atoms with E-state index in [0.29, 0.717) is 31.0 Å². The summed E-state index contributed by atoms with van der Waals surface area (Å²) in [7, 11) is 1.71. The normalized spacial score (nSPS) is 18.7. The first kappa shape index (κ1) is 13.2. The number of halogens is 1. The van der Waals surface area contributed by atoms with Crippen molar-refractivity contribution in [1.29, 1.82) is 0 Å². The number of rotatable bonds is 3. The van der Waals surface area contributed by atoms with Gasteiger partial charge in [0.1, 0.15) is 5.54 Å². The SMILES string of the molecule is CNC1(C(=O)O)CCN(c2cccc(Cl)c2)CC1. The molecule has 1 aromatic rings. The van der Waals surface area contributed by atoms with Gasteiger partial charge in [-0.3, -0.25) is 4.79 Å². The van der Waals surface area contributed by atoms with Crippen LogP contribution in [0.15, 0.2) is 24.3 Å². The van der Waals surface area contributed by atoms with Gasteiger partial charge in [-0.15, -0.1) is 0 Å². The van der Waals surface area contributed by atoms with E-state index in [9.17, 15) is 9.90 Å². The zero-order valence-electron chi connectivity index (χ0n) is 10.3. The van der Waals surface area contributed by atoms with Gasteiger partial charge in [0.2, 0.25) is 0 Å². The van der Waals surface area contributed by atoms with Crippen LogP contribution in [0.5, 0.6) is 0 Å². The third kappa shape index (κ3) is 2.44. The van der Waals surface area contributed by atoms with Gasteiger partial charge in [-0.1, -0.05) is 17.7 Å². The summed E-state index contributed by atoms with van der Waals surface area (Å²) in [6, 6.07) is 7.66. The molecule has 1 aliphatic rings. The van der Waals surface area contributed by atoms with Crippen LogP contribution in [0.3, 0.4) is 0 Å². The van der Waals surface area contributed by atoms with Crippen molar-refractivity contribution >= 4 is 23.3 Å². The Kier molecular flexibility index (Phi) is 3.78. The van der Waals surface area contributed by atoms with Gasteiger partial charge in [0.15, 0.2) is 0 Å². The zero-order chi connectivity index (χ0) is 13.2. The Bertz CT molecular complexity index is 442. The molecule has 1 fully saturated rings. The minimum Gasteiger partial charge on any atom is -0.480 e. The smallest absolute Gasteiger partial charge is 0.324 e. The molecule has 98 valence electrons. The van der Waals surface area contributed by atoms with Gasteiger partial charge < -0.3 is 15.3 Å². The number of benzene rings is 1. The summed E-state index contributed by atoms with van der Waals surface area (Å²) in [5.74, 6) is -0.768. The van der Waals surface area contributed by atoms with Crippen molar-refractivity contribution in [2.75, 3.05) is 25.0 Å². The fourth-order valence-corrected chi connectivity index (χ4v) is 2.57. The average Bonchev–Trinajstić information content (AvgIpc) is 2.38. The molecule has 0 saturated carbocycles. The van der Waals surface area contributed by atoms with E-state index in [2.05, 4.69) is 10.2 Å². The van der Waals surface area contributed by atoms with Crippen LogP contribution in [-0.2, 0) is 4.79 Å². The number of carboxylic acid groups (broad SMARTS) is 1. The van der Waals surface area contributed by atoms with Crippen LogP contribution in [-0.4, -0.2) is 36.8 Å². The van der Waals surface area contributed by atoms with Crippen LogP contribution >= 0.6 is 11.6 Å². The molecule has 1 heterocycles. The standard InChI is InChI=1S/C13H17ClN2O2/c1-15-13(12(17)18)5-7-16(8-6-13)11-4-2-3-10(14)9-11/h2-4,9,15H,5-8H2,1H3,(H,17,18). The van der Waals surface area contributed by atoms with E-state index in [1.165, 1.54) is 0 Å². The first-order valence-electron chi connectivity index (χ1n) is 6.00. The minimum absolute atomic E-state index is 0.589. The molecule has 4 nitrogen and oxygen atoms in total. The molecule has 0 aromatic heterocycles. The summed E-state index contributed by atoms with van der Waals surface area (Å²) in [6.45, 7) is 1.43. The number of aliphatic carboxylic acids is 1. The highest BCUT2D eigenvalue weighted by molar-refractivity contribution is 6.30. The molecule has 0 spiro atoms. The number of carboxylic acids is 1. The Morgan fingerprint density at radius 3 is 2.61 bits per heavy atom. The first-order chi connectivity index (χ1) is 8.57. The number of carbonyl (C=O) groups is 1. The third-order valence-corrected chi connectivity index (χ3v) is 3.91. The molecule has 2 N–H and O–H groups in total. The van der Waals surface area contributed by atoms with Gasteiger partial charge in [-0.05, 0) is 38.1 Å². The maximum Gasteiger partial charge on any atom is 0.324 e. The van der Waals surface area contributed by atoms with E-state index in [1.54, 1.807) is 7.05 Å². The van der Waals surface area contributed by atoms with Crippen molar-refractivity contribution in [1.82, 2.24) is 5.32 Å². The van der Waals surface area contributed by atoms with E-state index in [4.69, 9.17) is 11.6 Å². The topological polar surface area (TPSA) is 52.6 Å². The fourth-order valence-electron chi connectivity index (χ4n) is 2.39. The molecule has 0 aliphatic carbocycles. The van der Waals surface area contributed by atoms with E-state index >= 15 is 0 Å². The summed E-state index contributed by atoms with van der Waals surface area (Å²) in [5.41, 5.74) is 0.271. The molecule has 0 atom stereocenters. The van der Waals surface area contributed by atoms with Crippen molar-refractivity contribution in [2.45, 2.75) is 18.4 Å². The van der Waals surface area contributed by atoms with Crippen molar-refractivity contribution in [2.24, 2.45) is 0 Å². The lowest BCUT2D eigenvalue weighted by molar-refractivity contribution is -0.145. The predicted octanol–water partition coefficient (Wildman–Crippen LogP) is 1.98. The number of anilines is 1. The highest BCUT2D eigenvalue weighted by Crippen LogP contribution is 2.27. The van der Waals surface area contributed by atoms with Gasteiger partial charge in [-0.25, -0.2) is 0 Å². The van der Waals surface area contributed by atoms with Gasteiger partial charge >= 0.3 is 5.97 Å². The number of hydrogen-bond acceptors (Lipinski definition) is 3. The second-order valence-corrected chi connectivity index (χ2v) is 5.04. The molecule has 0 amide bonds. The van der Waals surface area contributed by atoms with Gasteiger partial charge in [0.25, 0.3) is 0 Å². The second kappa shape index (κ2) is 5.16. The first-order valence-corrected chi connectivity index (χ1v) is 6.38. The second-order valence-electron chi connectivity index (χ2n) is 4.60. The molecule has 5 heteroatoms. The molecular weight excluding hydrogens is 252 g/mol.